The van der Waals surface area contributed by atoms with Crippen LogP contribution < -0.4 is 4.74 Å². The minimum Gasteiger partial charge on any atom is -0.490 e. The molecule has 1 aromatic heterocycles. The van der Waals surface area contributed by atoms with Crippen molar-refractivity contribution in [3.8, 4) is 5.75 Å². The maximum atomic E-state index is 8.64. The van der Waals surface area contributed by atoms with E-state index in [-0.39, 0.29) is 6.61 Å². The fraction of sp³-hybridized carbons (Fsp3) is 0.700. The first-order valence-electron chi connectivity index (χ1n) is 5.13. The van der Waals surface area contributed by atoms with Crippen LogP contribution in [0.4, 0.5) is 0 Å². The minimum absolute atomic E-state index is 0.200. The Morgan fingerprint density at radius 1 is 1.50 bits per heavy atom. The van der Waals surface area contributed by atoms with Gasteiger partial charge in [0.25, 0.3) is 0 Å². The van der Waals surface area contributed by atoms with Crippen LogP contribution in [0.15, 0.2) is 12.4 Å². The molecule has 0 saturated carbocycles. The Morgan fingerprint density at radius 3 is 3.07 bits per heavy atom. The molecule has 0 radical (unpaired) electrons. The van der Waals surface area contributed by atoms with E-state index in [1.54, 1.807) is 10.9 Å². The van der Waals surface area contributed by atoms with Crippen LogP contribution in [0.1, 0.15) is 26.2 Å². The molecule has 80 valence electrons. The van der Waals surface area contributed by atoms with Crippen LogP contribution in [-0.4, -0.2) is 28.1 Å². The summed E-state index contributed by atoms with van der Waals surface area (Å²) in [5.74, 6) is 0.816. The van der Waals surface area contributed by atoms with Gasteiger partial charge in [-0.1, -0.05) is 13.3 Å². The van der Waals surface area contributed by atoms with Gasteiger partial charge in [-0.2, -0.15) is 5.10 Å². The topological polar surface area (TPSA) is 47.3 Å². The molecule has 1 rings (SSSR count). The molecule has 1 heterocycles. The molecule has 14 heavy (non-hydrogen) atoms. The van der Waals surface area contributed by atoms with Gasteiger partial charge in [-0.3, -0.25) is 4.68 Å². The fourth-order valence-corrected chi connectivity index (χ4v) is 1.11. The van der Waals surface area contributed by atoms with Crippen LogP contribution in [0.25, 0.3) is 0 Å². The Balaban J connectivity index is 2.27. The number of rotatable bonds is 7. The SMILES string of the molecule is CCCCOc1cnn(CCCO)c1. The average molecular weight is 198 g/mol. The van der Waals surface area contributed by atoms with E-state index in [0.29, 0.717) is 0 Å². The van der Waals surface area contributed by atoms with Crippen molar-refractivity contribution in [2.24, 2.45) is 0 Å². The van der Waals surface area contributed by atoms with Gasteiger partial charge in [0.1, 0.15) is 0 Å². The monoisotopic (exact) mass is 198 g/mol. The highest BCUT2D eigenvalue weighted by molar-refractivity contribution is 5.11. The van der Waals surface area contributed by atoms with E-state index in [4.69, 9.17) is 9.84 Å². The predicted octanol–water partition coefficient (Wildman–Crippen LogP) is 1.44. The van der Waals surface area contributed by atoms with Gasteiger partial charge >= 0.3 is 0 Å². The molecule has 0 saturated heterocycles. The van der Waals surface area contributed by atoms with E-state index < -0.39 is 0 Å². The van der Waals surface area contributed by atoms with Gasteiger partial charge in [-0.25, -0.2) is 0 Å². The van der Waals surface area contributed by atoms with Crippen LogP contribution in [0.3, 0.4) is 0 Å². The van der Waals surface area contributed by atoms with E-state index >= 15 is 0 Å². The van der Waals surface area contributed by atoms with E-state index in [1.165, 1.54) is 0 Å². The molecule has 0 unspecified atom stereocenters. The summed E-state index contributed by atoms with van der Waals surface area (Å²) in [6, 6.07) is 0. The quantitative estimate of drug-likeness (QED) is 0.674. The Labute approximate surface area is 84.5 Å². The predicted molar refractivity (Wildman–Crippen MR) is 54.3 cm³/mol. The van der Waals surface area contributed by atoms with E-state index in [9.17, 15) is 0 Å². The number of hydrogen-bond donors (Lipinski definition) is 1. The third-order valence-corrected chi connectivity index (χ3v) is 1.92. The van der Waals surface area contributed by atoms with Crippen LogP contribution in [0.2, 0.25) is 0 Å². The van der Waals surface area contributed by atoms with Crippen molar-refractivity contribution in [3.63, 3.8) is 0 Å². The molecule has 4 heteroatoms. The zero-order valence-corrected chi connectivity index (χ0v) is 8.65. The summed E-state index contributed by atoms with van der Waals surface area (Å²) in [5.41, 5.74) is 0. The van der Waals surface area contributed by atoms with Crippen molar-refractivity contribution < 1.29 is 9.84 Å². The number of unbranched alkanes of at least 4 members (excludes halogenated alkanes) is 1. The Bertz CT molecular complexity index is 248. The zero-order chi connectivity index (χ0) is 10.2. The second kappa shape index (κ2) is 6.43. The second-order valence-corrected chi connectivity index (χ2v) is 3.22. The van der Waals surface area contributed by atoms with E-state index in [2.05, 4.69) is 12.0 Å². The highest BCUT2D eigenvalue weighted by atomic mass is 16.5. The van der Waals surface area contributed by atoms with Crippen molar-refractivity contribution in [2.45, 2.75) is 32.7 Å². The molecule has 4 nitrogen and oxygen atoms in total. The van der Waals surface area contributed by atoms with Gasteiger partial charge in [0, 0.05) is 13.2 Å². The number of aliphatic hydroxyl groups is 1. The summed E-state index contributed by atoms with van der Waals surface area (Å²) in [5, 5.41) is 12.7. The van der Waals surface area contributed by atoms with E-state index in [1.807, 2.05) is 6.20 Å². The van der Waals surface area contributed by atoms with Crippen LogP contribution in [-0.2, 0) is 6.54 Å². The summed E-state index contributed by atoms with van der Waals surface area (Å²) in [4.78, 5) is 0. The highest BCUT2D eigenvalue weighted by Gasteiger charge is 1.98. The summed E-state index contributed by atoms with van der Waals surface area (Å²) < 4.78 is 7.25. The van der Waals surface area contributed by atoms with Crippen molar-refractivity contribution in [2.75, 3.05) is 13.2 Å². The van der Waals surface area contributed by atoms with Crippen molar-refractivity contribution in [1.82, 2.24) is 9.78 Å². The lowest BCUT2D eigenvalue weighted by molar-refractivity contribution is 0.276. The molecule has 0 spiro atoms. The van der Waals surface area contributed by atoms with Gasteiger partial charge in [0.2, 0.25) is 0 Å². The van der Waals surface area contributed by atoms with Gasteiger partial charge in [0.05, 0.1) is 19.0 Å². The lowest BCUT2D eigenvalue weighted by atomic mass is 10.4. The first kappa shape index (κ1) is 11.0. The third-order valence-electron chi connectivity index (χ3n) is 1.92. The normalized spacial score (nSPS) is 10.4. The number of aliphatic hydroxyl groups excluding tert-OH is 1. The van der Waals surface area contributed by atoms with E-state index in [0.717, 1.165) is 38.2 Å². The molecule has 0 aliphatic heterocycles. The molecule has 1 aromatic rings. The number of hydrogen-bond acceptors (Lipinski definition) is 3. The largest absolute Gasteiger partial charge is 0.490 e. The molecular formula is C10H18N2O2. The molecule has 0 atom stereocenters. The van der Waals surface area contributed by atoms with Crippen molar-refractivity contribution >= 4 is 0 Å². The number of aryl methyl sites for hydroxylation is 1. The average Bonchev–Trinajstić information content (AvgIpc) is 2.63. The summed E-state index contributed by atoms with van der Waals surface area (Å²) >= 11 is 0. The maximum absolute atomic E-state index is 8.64. The van der Waals surface area contributed by atoms with Crippen LogP contribution in [0.5, 0.6) is 5.75 Å². The van der Waals surface area contributed by atoms with Gasteiger partial charge in [0.15, 0.2) is 5.75 Å². The van der Waals surface area contributed by atoms with Crippen molar-refractivity contribution in [1.29, 1.82) is 0 Å². The number of aromatic nitrogens is 2. The highest BCUT2D eigenvalue weighted by Crippen LogP contribution is 2.08. The molecular weight excluding hydrogens is 180 g/mol. The first-order valence-corrected chi connectivity index (χ1v) is 5.13. The number of nitrogens with zero attached hydrogens (tertiary/aromatic N) is 2. The Hall–Kier alpha value is -1.03. The van der Waals surface area contributed by atoms with Crippen LogP contribution >= 0.6 is 0 Å². The molecule has 0 bridgehead atoms. The minimum atomic E-state index is 0.200. The molecule has 0 aromatic carbocycles. The lowest BCUT2D eigenvalue weighted by Gasteiger charge is -2.00. The Morgan fingerprint density at radius 2 is 2.36 bits per heavy atom. The molecule has 0 aliphatic rings. The summed E-state index contributed by atoms with van der Waals surface area (Å²) in [6.07, 6.45) is 6.52. The maximum Gasteiger partial charge on any atom is 0.157 e. The van der Waals surface area contributed by atoms with Gasteiger partial charge in [-0.15, -0.1) is 0 Å². The van der Waals surface area contributed by atoms with Crippen LogP contribution in [0, 0.1) is 0 Å². The fourth-order valence-electron chi connectivity index (χ4n) is 1.11. The summed E-state index contributed by atoms with van der Waals surface area (Å²) in [6.45, 7) is 3.83. The van der Waals surface area contributed by atoms with Crippen molar-refractivity contribution in [3.05, 3.63) is 12.4 Å². The molecule has 0 amide bonds. The first-order chi connectivity index (χ1) is 6.86. The lowest BCUT2D eigenvalue weighted by Crippen LogP contribution is -2.00. The van der Waals surface area contributed by atoms with Gasteiger partial charge < -0.3 is 9.84 Å². The third kappa shape index (κ3) is 3.79. The molecule has 0 fully saturated rings. The standard InChI is InChI=1S/C10H18N2O2/c1-2-3-7-14-10-8-11-12(9-10)5-4-6-13/h8-9,13H,2-7H2,1H3. The zero-order valence-electron chi connectivity index (χ0n) is 8.65. The molecule has 1 N–H and O–H groups in total. The molecule has 0 aliphatic carbocycles. The number of ether oxygens (including phenoxy) is 1. The smallest absolute Gasteiger partial charge is 0.157 e. The second-order valence-electron chi connectivity index (χ2n) is 3.22. The Kier molecular flexibility index (Phi) is 5.07. The summed E-state index contributed by atoms with van der Waals surface area (Å²) in [7, 11) is 0. The van der Waals surface area contributed by atoms with Gasteiger partial charge in [-0.05, 0) is 12.8 Å².